The van der Waals surface area contributed by atoms with Crippen LogP contribution in [0.25, 0.3) is 0 Å². The van der Waals surface area contributed by atoms with E-state index < -0.39 is 10.1 Å². The maximum Gasteiger partial charge on any atom is 0.302 e. The van der Waals surface area contributed by atoms with Crippen LogP contribution < -0.4 is 0 Å². The number of hydrogen-bond donors (Lipinski definition) is 0. The fourth-order valence-corrected chi connectivity index (χ4v) is 9.45. The molecule has 1 aromatic carbocycles. The van der Waals surface area contributed by atoms with Gasteiger partial charge in [0.15, 0.2) is 0 Å². The van der Waals surface area contributed by atoms with E-state index in [2.05, 4.69) is 32.9 Å². The van der Waals surface area contributed by atoms with Crippen molar-refractivity contribution in [3.05, 3.63) is 53.1 Å². The third kappa shape index (κ3) is 4.73. The molecule has 4 aliphatic carbocycles. The Balaban J connectivity index is 1.30. The zero-order chi connectivity index (χ0) is 26.6. The third-order valence-electron chi connectivity index (χ3n) is 10.3. The van der Waals surface area contributed by atoms with E-state index in [1.165, 1.54) is 30.9 Å². The second-order valence-electron chi connectivity index (χ2n) is 12.5. The zero-order valence-corrected chi connectivity index (χ0v) is 23.8. The van der Waals surface area contributed by atoms with Gasteiger partial charge in [-0.05, 0) is 92.6 Å². The predicted octanol–water partition coefficient (Wildman–Crippen LogP) is 6.77. The Morgan fingerprint density at radius 2 is 1.73 bits per heavy atom. The maximum absolute atomic E-state index is 12.9. The SMILES string of the molecule is CC(=O)OC[C@@H](C)C1=CC[C@H]2[C@@H]3CC=C4C[C@@H](OS(=O)(=O)c5ccc(C)cc5)CC[C@]4(C)[C@H]3CC[C@]12C. The lowest BCUT2D eigenvalue weighted by atomic mass is 9.47. The molecule has 5 rings (SSSR count). The van der Waals surface area contributed by atoms with Gasteiger partial charge in [0.05, 0.1) is 17.6 Å². The number of carbonyl (C=O) groups is 1. The van der Waals surface area contributed by atoms with E-state index >= 15 is 0 Å². The first-order valence-corrected chi connectivity index (χ1v) is 15.4. The van der Waals surface area contributed by atoms with Crippen molar-refractivity contribution in [1.29, 1.82) is 0 Å². The lowest BCUT2D eigenvalue weighted by molar-refractivity contribution is -0.142. The molecule has 0 heterocycles. The van der Waals surface area contributed by atoms with Gasteiger partial charge in [-0.3, -0.25) is 8.98 Å². The van der Waals surface area contributed by atoms with Crippen molar-refractivity contribution in [3.8, 4) is 0 Å². The molecule has 0 bridgehead atoms. The maximum atomic E-state index is 12.9. The minimum atomic E-state index is -3.77. The van der Waals surface area contributed by atoms with Crippen molar-refractivity contribution in [1.82, 2.24) is 0 Å². The molecule has 0 radical (unpaired) electrons. The summed E-state index contributed by atoms with van der Waals surface area (Å²) in [4.78, 5) is 11.6. The Labute approximate surface area is 222 Å². The molecule has 4 aliphatic rings. The molecule has 6 heteroatoms. The van der Waals surface area contributed by atoms with Gasteiger partial charge >= 0.3 is 5.97 Å². The largest absolute Gasteiger partial charge is 0.465 e. The number of benzene rings is 1. The van der Waals surface area contributed by atoms with Crippen molar-refractivity contribution >= 4 is 16.1 Å². The number of allylic oxidation sites excluding steroid dienone is 2. The van der Waals surface area contributed by atoms with Gasteiger partial charge in [-0.1, -0.05) is 61.8 Å². The highest BCUT2D eigenvalue weighted by atomic mass is 32.2. The highest BCUT2D eigenvalue weighted by Crippen LogP contribution is 2.65. The number of hydrogen-bond acceptors (Lipinski definition) is 5. The molecule has 7 atom stereocenters. The summed E-state index contributed by atoms with van der Waals surface area (Å²) in [5.74, 6) is 1.92. The van der Waals surface area contributed by atoms with E-state index in [1.807, 2.05) is 19.1 Å². The van der Waals surface area contributed by atoms with Crippen LogP contribution in [0.1, 0.15) is 78.2 Å². The molecule has 0 unspecified atom stereocenters. The van der Waals surface area contributed by atoms with Crippen LogP contribution in [0.4, 0.5) is 0 Å². The Morgan fingerprint density at radius 3 is 2.43 bits per heavy atom. The molecule has 202 valence electrons. The molecule has 0 saturated heterocycles. The van der Waals surface area contributed by atoms with Crippen molar-refractivity contribution < 1.29 is 22.1 Å². The molecule has 2 fully saturated rings. The van der Waals surface area contributed by atoms with Crippen molar-refractivity contribution in [2.75, 3.05) is 6.61 Å². The number of ether oxygens (including phenoxy) is 1. The van der Waals surface area contributed by atoms with Crippen LogP contribution in [0.2, 0.25) is 0 Å². The number of carbonyl (C=O) groups excluding carboxylic acids is 1. The molecular formula is C31H42O5S. The van der Waals surface area contributed by atoms with Crippen LogP contribution in [0.3, 0.4) is 0 Å². The quantitative estimate of drug-likeness (QED) is 0.232. The third-order valence-corrected chi connectivity index (χ3v) is 11.7. The molecule has 0 aromatic heterocycles. The van der Waals surface area contributed by atoms with Crippen molar-refractivity contribution in [2.45, 2.75) is 90.6 Å². The van der Waals surface area contributed by atoms with E-state index in [9.17, 15) is 13.2 Å². The van der Waals surface area contributed by atoms with Crippen molar-refractivity contribution in [2.24, 2.45) is 34.5 Å². The second kappa shape index (κ2) is 9.68. The van der Waals surface area contributed by atoms with E-state index in [0.717, 1.165) is 31.2 Å². The summed E-state index contributed by atoms with van der Waals surface area (Å²) in [5.41, 5.74) is 4.20. The summed E-state index contributed by atoms with van der Waals surface area (Å²) in [6, 6.07) is 6.90. The Hall–Kier alpha value is -1.92. The first-order chi connectivity index (χ1) is 17.4. The number of rotatable bonds is 6. The van der Waals surface area contributed by atoms with Crippen LogP contribution in [0.15, 0.2) is 52.5 Å². The summed E-state index contributed by atoms with van der Waals surface area (Å²) in [5, 5.41) is 0. The first-order valence-electron chi connectivity index (χ1n) is 14.0. The summed E-state index contributed by atoms with van der Waals surface area (Å²) < 4.78 is 37.0. The number of aryl methyl sites for hydroxylation is 1. The Kier molecular flexibility index (Phi) is 6.98. The van der Waals surface area contributed by atoms with Crippen molar-refractivity contribution in [3.63, 3.8) is 0 Å². The topological polar surface area (TPSA) is 69.7 Å². The monoisotopic (exact) mass is 526 g/mol. The molecule has 37 heavy (non-hydrogen) atoms. The highest BCUT2D eigenvalue weighted by molar-refractivity contribution is 7.86. The normalized spacial score (nSPS) is 35.9. The molecular weight excluding hydrogens is 484 g/mol. The molecule has 1 aromatic rings. The lowest BCUT2D eigenvalue weighted by Gasteiger charge is -2.58. The molecule has 0 spiro atoms. The molecule has 0 amide bonds. The van der Waals surface area contributed by atoms with Crippen LogP contribution in [0.5, 0.6) is 0 Å². The minimum Gasteiger partial charge on any atom is -0.465 e. The van der Waals surface area contributed by atoms with E-state index in [0.29, 0.717) is 30.8 Å². The van der Waals surface area contributed by atoms with E-state index in [-0.39, 0.29) is 33.7 Å². The van der Waals surface area contributed by atoms with Gasteiger partial charge in [0.2, 0.25) is 0 Å². The van der Waals surface area contributed by atoms with Gasteiger partial charge in [0.25, 0.3) is 10.1 Å². The average Bonchev–Trinajstić information content (AvgIpc) is 3.20. The van der Waals surface area contributed by atoms with Crippen LogP contribution in [-0.2, 0) is 23.8 Å². The standard InChI is InChI=1S/C31H42O5S/c1-20-6-9-25(10-7-20)37(33,34)36-24-14-16-30(4)23(18-24)8-11-26-28-13-12-27(21(2)19-35-22(3)32)31(28,5)17-15-29(26)30/h6-10,12,21,24,26,28-29H,11,13-19H2,1-5H3/t21-,24+,26+,28+,29+,30+,31-/m1/s1. The van der Waals surface area contributed by atoms with E-state index in [4.69, 9.17) is 8.92 Å². The van der Waals surface area contributed by atoms with Gasteiger partial charge in [0.1, 0.15) is 0 Å². The number of esters is 1. The lowest BCUT2D eigenvalue weighted by Crippen LogP contribution is -2.50. The number of fused-ring (bicyclic) bond motifs is 5. The fourth-order valence-electron chi connectivity index (χ4n) is 8.35. The van der Waals surface area contributed by atoms with Crippen LogP contribution >= 0.6 is 0 Å². The van der Waals surface area contributed by atoms with Crippen LogP contribution in [-0.4, -0.2) is 27.1 Å². The molecule has 5 nitrogen and oxygen atoms in total. The van der Waals surface area contributed by atoms with Gasteiger partial charge in [-0.2, -0.15) is 8.42 Å². The summed E-state index contributed by atoms with van der Waals surface area (Å²) in [7, 11) is -3.77. The second-order valence-corrected chi connectivity index (χ2v) is 14.1. The summed E-state index contributed by atoms with van der Waals surface area (Å²) in [6.45, 7) is 11.0. The van der Waals surface area contributed by atoms with Gasteiger partial charge < -0.3 is 4.74 Å². The minimum absolute atomic E-state index is 0.115. The first kappa shape index (κ1) is 26.7. The zero-order valence-electron chi connectivity index (χ0n) is 23.0. The molecule has 2 saturated carbocycles. The Bertz CT molecular complexity index is 1210. The molecule has 0 aliphatic heterocycles. The summed E-state index contributed by atoms with van der Waals surface area (Å²) >= 11 is 0. The van der Waals surface area contributed by atoms with Gasteiger partial charge in [0, 0.05) is 12.8 Å². The van der Waals surface area contributed by atoms with E-state index in [1.54, 1.807) is 12.1 Å². The Morgan fingerprint density at radius 1 is 1.03 bits per heavy atom. The average molecular weight is 527 g/mol. The smallest absolute Gasteiger partial charge is 0.302 e. The fraction of sp³-hybridized carbons (Fsp3) is 0.645. The predicted molar refractivity (Wildman–Crippen MR) is 144 cm³/mol. The van der Waals surface area contributed by atoms with Gasteiger partial charge in [-0.25, -0.2) is 0 Å². The van der Waals surface area contributed by atoms with Crippen LogP contribution in [0, 0.1) is 41.4 Å². The highest BCUT2D eigenvalue weighted by Gasteiger charge is 2.57. The molecule has 0 N–H and O–H groups in total. The van der Waals surface area contributed by atoms with Gasteiger partial charge in [-0.15, -0.1) is 0 Å². The summed E-state index contributed by atoms with van der Waals surface area (Å²) in [6.07, 6.45) is 11.6.